The smallest absolute Gasteiger partial charge is 0.138 e. The molecule has 0 aliphatic carbocycles. The molecule has 0 aromatic heterocycles. The van der Waals surface area contributed by atoms with Crippen LogP contribution in [0.15, 0.2) is 42.5 Å². The van der Waals surface area contributed by atoms with Crippen molar-refractivity contribution in [2.75, 3.05) is 6.54 Å². The van der Waals surface area contributed by atoms with Gasteiger partial charge in [0.2, 0.25) is 0 Å². The van der Waals surface area contributed by atoms with Gasteiger partial charge in [-0.25, -0.2) is 0 Å². The van der Waals surface area contributed by atoms with Gasteiger partial charge in [0.25, 0.3) is 0 Å². The molecule has 2 aromatic carbocycles. The van der Waals surface area contributed by atoms with E-state index in [9.17, 15) is 0 Å². The van der Waals surface area contributed by atoms with Crippen LogP contribution in [0.3, 0.4) is 0 Å². The first-order valence-corrected chi connectivity index (χ1v) is 7.25. The fraction of sp³-hybridized carbons (Fsp3) is 0.294. The van der Waals surface area contributed by atoms with E-state index in [-0.39, 0.29) is 0 Å². The third kappa shape index (κ3) is 3.99. The Hall–Kier alpha value is -1.51. The molecule has 0 saturated heterocycles. The Labute approximate surface area is 125 Å². The van der Waals surface area contributed by atoms with Gasteiger partial charge in [-0.2, -0.15) is 0 Å². The van der Waals surface area contributed by atoms with Gasteiger partial charge in [0.05, 0.1) is 5.02 Å². The van der Waals surface area contributed by atoms with Gasteiger partial charge in [0.1, 0.15) is 12.4 Å². The van der Waals surface area contributed by atoms with Gasteiger partial charge in [0.15, 0.2) is 0 Å². The maximum atomic E-state index is 6.15. The molecule has 0 unspecified atom stereocenters. The van der Waals surface area contributed by atoms with Crippen molar-refractivity contribution >= 4 is 11.6 Å². The molecule has 0 aliphatic heterocycles. The Bertz CT molecular complexity index is 569. The van der Waals surface area contributed by atoms with Crippen molar-refractivity contribution in [3.05, 3.63) is 64.2 Å². The molecule has 0 saturated carbocycles. The summed E-state index contributed by atoms with van der Waals surface area (Å²) in [6, 6.07) is 14.1. The van der Waals surface area contributed by atoms with Gasteiger partial charge >= 0.3 is 0 Å². The van der Waals surface area contributed by atoms with Crippen LogP contribution in [0.4, 0.5) is 0 Å². The number of hydrogen-bond donors (Lipinski definition) is 1. The molecular weight excluding hydrogens is 270 g/mol. The highest BCUT2D eigenvalue weighted by molar-refractivity contribution is 6.32. The molecule has 2 aromatic rings. The standard InChI is InChI=1S/C17H20ClNO/c1-3-19-11-14-6-4-5-7-15(14)12-20-17-10-13(2)8-9-16(17)18/h4-10,19H,3,11-12H2,1-2H3. The van der Waals surface area contributed by atoms with Crippen LogP contribution in [0.5, 0.6) is 5.75 Å². The summed E-state index contributed by atoms with van der Waals surface area (Å²) in [5.74, 6) is 0.741. The van der Waals surface area contributed by atoms with Crippen LogP contribution in [0, 0.1) is 6.92 Å². The predicted molar refractivity (Wildman–Crippen MR) is 84.3 cm³/mol. The van der Waals surface area contributed by atoms with Gasteiger partial charge in [-0.05, 0) is 42.3 Å². The lowest BCUT2D eigenvalue weighted by Gasteiger charge is -2.12. The zero-order valence-electron chi connectivity index (χ0n) is 11.9. The molecule has 0 bridgehead atoms. The van der Waals surface area contributed by atoms with Crippen LogP contribution >= 0.6 is 11.6 Å². The van der Waals surface area contributed by atoms with E-state index in [1.165, 1.54) is 11.1 Å². The minimum absolute atomic E-state index is 0.532. The van der Waals surface area contributed by atoms with E-state index in [1.54, 1.807) is 0 Å². The van der Waals surface area contributed by atoms with Crippen LogP contribution in [-0.2, 0) is 13.2 Å². The summed E-state index contributed by atoms with van der Waals surface area (Å²) in [6.45, 7) is 6.48. The average Bonchev–Trinajstić information content (AvgIpc) is 2.47. The van der Waals surface area contributed by atoms with Crippen molar-refractivity contribution in [3.8, 4) is 5.75 Å². The van der Waals surface area contributed by atoms with Crippen molar-refractivity contribution in [2.24, 2.45) is 0 Å². The molecule has 0 atom stereocenters. The Kier molecular flexibility index (Phi) is 5.45. The fourth-order valence-corrected chi connectivity index (χ4v) is 2.18. The van der Waals surface area contributed by atoms with Crippen LogP contribution in [0.2, 0.25) is 5.02 Å². The molecular formula is C17H20ClNO. The van der Waals surface area contributed by atoms with Crippen molar-refractivity contribution in [1.82, 2.24) is 5.32 Å². The second-order valence-electron chi connectivity index (χ2n) is 4.77. The zero-order valence-corrected chi connectivity index (χ0v) is 12.7. The topological polar surface area (TPSA) is 21.3 Å². The zero-order chi connectivity index (χ0) is 14.4. The fourth-order valence-electron chi connectivity index (χ4n) is 2.01. The molecule has 0 fully saturated rings. The molecule has 2 nitrogen and oxygen atoms in total. The SMILES string of the molecule is CCNCc1ccccc1COc1cc(C)ccc1Cl. The highest BCUT2D eigenvalue weighted by Gasteiger charge is 2.05. The van der Waals surface area contributed by atoms with E-state index in [0.717, 1.165) is 24.4 Å². The molecule has 0 amide bonds. The Balaban J connectivity index is 2.08. The van der Waals surface area contributed by atoms with Gasteiger partial charge in [-0.3, -0.25) is 0 Å². The summed E-state index contributed by atoms with van der Waals surface area (Å²) >= 11 is 6.15. The largest absolute Gasteiger partial charge is 0.487 e. The number of nitrogens with one attached hydrogen (secondary N) is 1. The van der Waals surface area contributed by atoms with E-state index in [0.29, 0.717) is 11.6 Å². The van der Waals surface area contributed by atoms with E-state index in [4.69, 9.17) is 16.3 Å². The molecule has 3 heteroatoms. The van der Waals surface area contributed by atoms with E-state index < -0.39 is 0 Å². The highest BCUT2D eigenvalue weighted by Crippen LogP contribution is 2.26. The second-order valence-corrected chi connectivity index (χ2v) is 5.18. The van der Waals surface area contributed by atoms with Gasteiger partial charge in [-0.1, -0.05) is 48.9 Å². The molecule has 0 aliphatic rings. The maximum Gasteiger partial charge on any atom is 0.138 e. The summed E-state index contributed by atoms with van der Waals surface area (Å²) in [6.07, 6.45) is 0. The lowest BCUT2D eigenvalue weighted by Crippen LogP contribution is -2.14. The highest BCUT2D eigenvalue weighted by atomic mass is 35.5. The summed E-state index contributed by atoms with van der Waals surface area (Å²) < 4.78 is 5.86. The minimum Gasteiger partial charge on any atom is -0.487 e. The number of halogens is 1. The summed E-state index contributed by atoms with van der Waals surface area (Å²) in [5, 5.41) is 3.99. The molecule has 106 valence electrons. The lowest BCUT2D eigenvalue weighted by molar-refractivity contribution is 0.304. The molecule has 2 rings (SSSR count). The number of rotatable bonds is 6. The van der Waals surface area contributed by atoms with E-state index in [1.807, 2.05) is 31.2 Å². The van der Waals surface area contributed by atoms with Crippen molar-refractivity contribution in [2.45, 2.75) is 27.0 Å². The second kappa shape index (κ2) is 7.32. The van der Waals surface area contributed by atoms with Crippen LogP contribution in [0.1, 0.15) is 23.6 Å². The van der Waals surface area contributed by atoms with Gasteiger partial charge in [0, 0.05) is 6.54 Å². The maximum absolute atomic E-state index is 6.15. The Morgan fingerprint density at radius 2 is 1.85 bits per heavy atom. The monoisotopic (exact) mass is 289 g/mol. The first kappa shape index (κ1) is 14.9. The van der Waals surface area contributed by atoms with E-state index >= 15 is 0 Å². The quantitative estimate of drug-likeness (QED) is 0.854. The Morgan fingerprint density at radius 1 is 1.10 bits per heavy atom. The van der Waals surface area contributed by atoms with E-state index in [2.05, 4.69) is 30.4 Å². The molecule has 1 N–H and O–H groups in total. The van der Waals surface area contributed by atoms with Crippen LogP contribution in [-0.4, -0.2) is 6.54 Å². The van der Waals surface area contributed by atoms with Crippen LogP contribution in [0.25, 0.3) is 0 Å². The number of hydrogen-bond acceptors (Lipinski definition) is 2. The van der Waals surface area contributed by atoms with Crippen molar-refractivity contribution < 1.29 is 4.74 Å². The third-order valence-corrected chi connectivity index (χ3v) is 3.47. The number of benzene rings is 2. The number of ether oxygens (including phenoxy) is 1. The summed E-state index contributed by atoms with van der Waals surface area (Å²) in [5.41, 5.74) is 3.59. The Morgan fingerprint density at radius 3 is 2.60 bits per heavy atom. The third-order valence-electron chi connectivity index (χ3n) is 3.15. The van der Waals surface area contributed by atoms with Gasteiger partial charge < -0.3 is 10.1 Å². The van der Waals surface area contributed by atoms with Crippen molar-refractivity contribution in [1.29, 1.82) is 0 Å². The average molecular weight is 290 g/mol. The normalized spacial score (nSPS) is 10.6. The lowest BCUT2D eigenvalue weighted by atomic mass is 10.1. The first-order valence-electron chi connectivity index (χ1n) is 6.87. The van der Waals surface area contributed by atoms with Crippen LogP contribution < -0.4 is 10.1 Å². The van der Waals surface area contributed by atoms with Gasteiger partial charge in [-0.15, -0.1) is 0 Å². The molecule has 0 spiro atoms. The molecule has 20 heavy (non-hydrogen) atoms. The number of aryl methyl sites for hydroxylation is 1. The first-order chi connectivity index (χ1) is 9.70. The van der Waals surface area contributed by atoms with Crippen molar-refractivity contribution in [3.63, 3.8) is 0 Å². The predicted octanol–water partition coefficient (Wildman–Crippen LogP) is 4.34. The summed E-state index contributed by atoms with van der Waals surface area (Å²) in [7, 11) is 0. The minimum atomic E-state index is 0.532. The summed E-state index contributed by atoms with van der Waals surface area (Å²) in [4.78, 5) is 0. The molecule has 0 heterocycles. The molecule has 0 radical (unpaired) electrons.